The van der Waals surface area contributed by atoms with Crippen molar-refractivity contribution in [1.29, 1.82) is 0 Å². The molecular formula is C26H44N2O3. The van der Waals surface area contributed by atoms with Gasteiger partial charge in [-0.05, 0) is 64.2 Å². The Morgan fingerprint density at radius 3 is 1.90 bits per heavy atom. The van der Waals surface area contributed by atoms with E-state index in [-0.39, 0.29) is 23.8 Å². The van der Waals surface area contributed by atoms with Gasteiger partial charge in [0.2, 0.25) is 17.7 Å². The smallest absolute Gasteiger partial charge is 0.232 e. The number of carbonyl (C=O) groups excluding carboxylic acids is 3. The molecule has 2 aliphatic carbocycles. The van der Waals surface area contributed by atoms with Gasteiger partial charge in [-0.3, -0.25) is 19.7 Å². The van der Waals surface area contributed by atoms with Gasteiger partial charge in [-0.2, -0.15) is 0 Å². The molecule has 3 fully saturated rings. The van der Waals surface area contributed by atoms with E-state index < -0.39 is 16.2 Å². The molecule has 0 spiro atoms. The summed E-state index contributed by atoms with van der Waals surface area (Å²) in [6.07, 6.45) is 12.8. The van der Waals surface area contributed by atoms with Crippen LogP contribution in [0.15, 0.2) is 0 Å². The van der Waals surface area contributed by atoms with Gasteiger partial charge >= 0.3 is 0 Å². The predicted octanol–water partition coefficient (Wildman–Crippen LogP) is 5.27. The van der Waals surface area contributed by atoms with E-state index in [0.717, 1.165) is 38.5 Å². The highest BCUT2D eigenvalue weighted by molar-refractivity contribution is 6.05. The maximum Gasteiger partial charge on any atom is 0.232 e. The van der Waals surface area contributed by atoms with E-state index in [1.807, 2.05) is 0 Å². The molecule has 0 aromatic heterocycles. The summed E-state index contributed by atoms with van der Waals surface area (Å²) in [5, 5.41) is 6.13. The van der Waals surface area contributed by atoms with Crippen LogP contribution >= 0.6 is 0 Å². The Kier molecular flexibility index (Phi) is 7.53. The summed E-state index contributed by atoms with van der Waals surface area (Å²) in [5.41, 5.74) is -1.83. The lowest BCUT2D eigenvalue weighted by molar-refractivity contribution is -0.171. The second-order valence-electron chi connectivity index (χ2n) is 11.1. The lowest BCUT2D eigenvalue weighted by Gasteiger charge is -2.57. The van der Waals surface area contributed by atoms with Crippen LogP contribution in [0.3, 0.4) is 0 Å². The Bertz CT molecular complexity index is 652. The quantitative estimate of drug-likeness (QED) is 0.487. The highest BCUT2D eigenvalue weighted by atomic mass is 16.2. The molecule has 2 unspecified atom stereocenters. The fourth-order valence-electron chi connectivity index (χ4n) is 7.40. The van der Waals surface area contributed by atoms with E-state index in [4.69, 9.17) is 0 Å². The maximum atomic E-state index is 13.9. The molecule has 0 aromatic carbocycles. The Morgan fingerprint density at radius 1 is 0.903 bits per heavy atom. The molecule has 1 heterocycles. The number of nitrogens with one attached hydrogen (secondary N) is 2. The van der Waals surface area contributed by atoms with E-state index in [9.17, 15) is 14.4 Å². The van der Waals surface area contributed by atoms with Crippen molar-refractivity contribution in [2.24, 2.45) is 22.2 Å². The molecule has 1 saturated heterocycles. The third-order valence-corrected chi connectivity index (χ3v) is 8.60. The molecule has 0 radical (unpaired) electrons. The Balaban J connectivity index is 1.95. The number of hydrogen-bond donors (Lipinski definition) is 2. The number of piperidine rings is 1. The fraction of sp³-hybridized carbons (Fsp3) is 0.885. The minimum atomic E-state index is -0.631. The highest BCUT2D eigenvalue weighted by Gasteiger charge is 2.64. The van der Waals surface area contributed by atoms with Crippen molar-refractivity contribution in [3.05, 3.63) is 0 Å². The molecule has 2 saturated carbocycles. The minimum absolute atomic E-state index is 0.0931. The third-order valence-electron chi connectivity index (χ3n) is 8.60. The molecule has 3 atom stereocenters. The number of fused-ring (bicyclic) bond motifs is 2. The van der Waals surface area contributed by atoms with Crippen molar-refractivity contribution in [3.63, 3.8) is 0 Å². The monoisotopic (exact) mass is 432 g/mol. The molecule has 5 nitrogen and oxygen atoms in total. The highest BCUT2D eigenvalue weighted by Crippen LogP contribution is 2.61. The van der Waals surface area contributed by atoms with Crippen molar-refractivity contribution < 1.29 is 14.4 Å². The topological polar surface area (TPSA) is 75.3 Å². The van der Waals surface area contributed by atoms with Crippen LogP contribution in [-0.2, 0) is 14.4 Å². The first-order valence-corrected chi connectivity index (χ1v) is 12.9. The summed E-state index contributed by atoms with van der Waals surface area (Å²) in [6.45, 7) is 8.46. The van der Waals surface area contributed by atoms with E-state index in [1.54, 1.807) is 0 Å². The second kappa shape index (κ2) is 9.62. The minimum Gasteiger partial charge on any atom is -0.353 e. The van der Waals surface area contributed by atoms with Crippen molar-refractivity contribution >= 4 is 17.7 Å². The lowest BCUT2D eigenvalue weighted by Crippen LogP contribution is -2.66. The predicted molar refractivity (Wildman–Crippen MR) is 123 cm³/mol. The average Bonchev–Trinajstić information content (AvgIpc) is 2.73. The van der Waals surface area contributed by atoms with Gasteiger partial charge in [0, 0.05) is 6.04 Å². The Labute approximate surface area is 188 Å². The molecule has 31 heavy (non-hydrogen) atoms. The van der Waals surface area contributed by atoms with Crippen molar-refractivity contribution in [2.45, 2.75) is 124 Å². The van der Waals surface area contributed by atoms with Gasteiger partial charge in [0.05, 0.1) is 16.2 Å². The number of carbonyl (C=O) groups is 3. The van der Waals surface area contributed by atoms with Crippen LogP contribution in [0.25, 0.3) is 0 Å². The van der Waals surface area contributed by atoms with E-state index in [0.29, 0.717) is 25.2 Å². The number of rotatable bonds is 9. The van der Waals surface area contributed by atoms with Crippen molar-refractivity contribution in [2.75, 3.05) is 0 Å². The summed E-state index contributed by atoms with van der Waals surface area (Å²) >= 11 is 0. The SMILES string of the molecule is CCCC12CC(CCC)(CC(CCC)(C(=O)N[C@H](C)C3CCCCC3)C1)C(=O)NC2=O. The Morgan fingerprint density at radius 2 is 1.42 bits per heavy atom. The van der Waals surface area contributed by atoms with Crippen molar-refractivity contribution in [3.8, 4) is 0 Å². The number of imide groups is 1. The molecule has 2 bridgehead atoms. The van der Waals surface area contributed by atoms with Crippen LogP contribution in [0, 0.1) is 22.2 Å². The van der Waals surface area contributed by atoms with Crippen LogP contribution in [0.4, 0.5) is 0 Å². The van der Waals surface area contributed by atoms with Gasteiger partial charge in [0.25, 0.3) is 0 Å². The average molecular weight is 433 g/mol. The van der Waals surface area contributed by atoms with Gasteiger partial charge in [-0.15, -0.1) is 0 Å². The molecule has 1 aliphatic heterocycles. The maximum absolute atomic E-state index is 13.9. The first-order valence-electron chi connectivity index (χ1n) is 12.9. The first kappa shape index (κ1) is 24.3. The van der Waals surface area contributed by atoms with Gasteiger partial charge < -0.3 is 5.32 Å². The molecule has 3 aliphatic rings. The van der Waals surface area contributed by atoms with Gasteiger partial charge in [0.15, 0.2) is 0 Å². The van der Waals surface area contributed by atoms with E-state index in [2.05, 4.69) is 38.3 Å². The zero-order chi connectivity index (χ0) is 22.7. The molecule has 0 aromatic rings. The fourth-order valence-corrected chi connectivity index (χ4v) is 7.40. The third kappa shape index (κ3) is 4.57. The largest absolute Gasteiger partial charge is 0.353 e. The van der Waals surface area contributed by atoms with Crippen LogP contribution in [0.5, 0.6) is 0 Å². The lowest BCUT2D eigenvalue weighted by atomic mass is 9.47. The summed E-state index contributed by atoms with van der Waals surface area (Å²) in [6, 6.07) is 0.150. The molecule has 5 heteroatoms. The van der Waals surface area contributed by atoms with Crippen LogP contribution in [0.1, 0.15) is 118 Å². The Hall–Kier alpha value is -1.39. The summed E-state index contributed by atoms with van der Waals surface area (Å²) < 4.78 is 0. The van der Waals surface area contributed by atoms with Crippen LogP contribution in [-0.4, -0.2) is 23.8 Å². The molecule has 3 amide bonds. The summed E-state index contributed by atoms with van der Waals surface area (Å²) in [7, 11) is 0. The summed E-state index contributed by atoms with van der Waals surface area (Å²) in [5.74, 6) is 0.355. The molecule has 176 valence electrons. The first-order chi connectivity index (χ1) is 14.8. The van der Waals surface area contributed by atoms with Crippen LogP contribution < -0.4 is 10.6 Å². The second-order valence-corrected chi connectivity index (χ2v) is 11.1. The van der Waals surface area contributed by atoms with Gasteiger partial charge in [-0.1, -0.05) is 59.3 Å². The summed E-state index contributed by atoms with van der Waals surface area (Å²) in [4.78, 5) is 40.3. The number of amides is 3. The van der Waals surface area contributed by atoms with Gasteiger partial charge in [0.1, 0.15) is 0 Å². The van der Waals surface area contributed by atoms with E-state index in [1.165, 1.54) is 32.1 Å². The zero-order valence-corrected chi connectivity index (χ0v) is 20.3. The number of hydrogen-bond acceptors (Lipinski definition) is 3. The van der Waals surface area contributed by atoms with E-state index >= 15 is 0 Å². The normalized spacial score (nSPS) is 34.8. The molecular weight excluding hydrogens is 388 g/mol. The standard InChI is InChI=1S/C26H44N2O3/c1-5-13-24(21(29)27-19(4)20-11-9-8-10-12-20)16-25(14-6-2)18-26(17-24,15-7-3)23(31)28-22(25)30/h19-20H,5-18H2,1-4H3,(H,27,29)(H,28,30,31)/t19-,24?,25?,26?/m1/s1. The van der Waals surface area contributed by atoms with Crippen LogP contribution in [0.2, 0.25) is 0 Å². The van der Waals surface area contributed by atoms with Gasteiger partial charge in [-0.25, -0.2) is 0 Å². The molecule has 2 N–H and O–H groups in total. The zero-order valence-electron chi connectivity index (χ0n) is 20.3. The molecule has 3 rings (SSSR count). The van der Waals surface area contributed by atoms with Crippen molar-refractivity contribution in [1.82, 2.24) is 10.6 Å².